The summed E-state index contributed by atoms with van der Waals surface area (Å²) in [5.74, 6) is 8.70. The maximum Gasteiger partial charge on any atom is 0.0543 e. The van der Waals surface area contributed by atoms with E-state index in [2.05, 4.69) is 34.6 Å². The monoisotopic (exact) mass is 372 g/mol. The molecule has 5 rings (SSSR count). The van der Waals surface area contributed by atoms with Gasteiger partial charge in [0.15, 0.2) is 0 Å². The Balaban J connectivity index is 1.41. The van der Waals surface area contributed by atoms with Crippen molar-refractivity contribution in [1.82, 2.24) is 0 Å². The first-order valence-electron chi connectivity index (χ1n) is 12.4. The minimum absolute atomic E-state index is 0.0117. The van der Waals surface area contributed by atoms with E-state index < -0.39 is 0 Å². The summed E-state index contributed by atoms with van der Waals surface area (Å²) < 4.78 is 0. The Hall–Kier alpha value is -0.0400. The fourth-order valence-corrected chi connectivity index (χ4v) is 9.91. The van der Waals surface area contributed by atoms with E-state index in [1.54, 1.807) is 0 Å². The number of aliphatic hydroxyl groups excluding tert-OH is 1. The maximum atomic E-state index is 10.2. The highest BCUT2D eigenvalue weighted by atomic mass is 16.3. The lowest BCUT2D eigenvalue weighted by Gasteiger charge is -2.58. The highest BCUT2D eigenvalue weighted by molar-refractivity contribution is 5.12. The average Bonchev–Trinajstić information content (AvgIpc) is 2.78. The van der Waals surface area contributed by atoms with Crippen molar-refractivity contribution in [2.24, 2.45) is 64.1 Å². The third kappa shape index (κ3) is 2.52. The van der Waals surface area contributed by atoms with Gasteiger partial charge in [-0.2, -0.15) is 0 Å². The molecule has 1 N–H and O–H groups in total. The van der Waals surface area contributed by atoms with E-state index in [1.165, 1.54) is 44.9 Å². The van der Waals surface area contributed by atoms with Crippen LogP contribution in [0.1, 0.15) is 92.4 Å². The molecule has 0 saturated heterocycles. The Kier molecular flexibility index (Phi) is 4.37. The summed E-state index contributed by atoms with van der Waals surface area (Å²) in [4.78, 5) is 0. The molecule has 1 heteroatoms. The molecule has 0 aromatic rings. The SMILES string of the molecule is CC1C2CCC3C4CCC5CC(O)CCC5C4CCC3C2C(C)(C)C1(C)C. The summed E-state index contributed by atoms with van der Waals surface area (Å²) in [6.07, 6.45) is 12.5. The quantitative estimate of drug-likeness (QED) is 0.511. The van der Waals surface area contributed by atoms with Crippen molar-refractivity contribution >= 4 is 0 Å². The second-order valence-corrected chi connectivity index (χ2v) is 12.7. The molecule has 0 heterocycles. The molecule has 0 aliphatic heterocycles. The molecule has 27 heavy (non-hydrogen) atoms. The van der Waals surface area contributed by atoms with Gasteiger partial charge in [-0.1, -0.05) is 34.6 Å². The van der Waals surface area contributed by atoms with Gasteiger partial charge in [0.1, 0.15) is 0 Å². The lowest BCUT2D eigenvalue weighted by molar-refractivity contribution is -0.0977. The van der Waals surface area contributed by atoms with Crippen LogP contribution in [0.4, 0.5) is 0 Å². The number of hydrogen-bond donors (Lipinski definition) is 1. The molecular weight excluding hydrogens is 328 g/mol. The second kappa shape index (κ2) is 6.23. The Morgan fingerprint density at radius 3 is 1.85 bits per heavy atom. The van der Waals surface area contributed by atoms with E-state index in [9.17, 15) is 5.11 Å². The second-order valence-electron chi connectivity index (χ2n) is 12.7. The lowest BCUT2D eigenvalue weighted by atomic mass is 9.47. The minimum atomic E-state index is 0.0117. The molecule has 154 valence electrons. The fraction of sp³-hybridized carbons (Fsp3) is 1.00. The summed E-state index contributed by atoms with van der Waals surface area (Å²) >= 11 is 0. The Labute approximate surface area is 168 Å². The van der Waals surface area contributed by atoms with Gasteiger partial charge >= 0.3 is 0 Å². The van der Waals surface area contributed by atoms with Gasteiger partial charge in [-0.05, 0) is 122 Å². The lowest BCUT2D eigenvalue weighted by Crippen LogP contribution is -2.51. The van der Waals surface area contributed by atoms with E-state index >= 15 is 0 Å². The van der Waals surface area contributed by atoms with Crippen LogP contribution in [-0.2, 0) is 0 Å². The Morgan fingerprint density at radius 2 is 1.11 bits per heavy atom. The number of rotatable bonds is 0. The maximum absolute atomic E-state index is 10.2. The molecular formula is C26H44O. The van der Waals surface area contributed by atoms with Crippen molar-refractivity contribution in [3.8, 4) is 0 Å². The van der Waals surface area contributed by atoms with Crippen molar-refractivity contribution in [2.45, 2.75) is 98.5 Å². The number of fused-ring (bicyclic) bond motifs is 7. The Morgan fingerprint density at radius 1 is 0.593 bits per heavy atom. The van der Waals surface area contributed by atoms with Gasteiger partial charge in [0.25, 0.3) is 0 Å². The van der Waals surface area contributed by atoms with E-state index in [0.29, 0.717) is 10.8 Å². The zero-order valence-corrected chi connectivity index (χ0v) is 18.6. The molecule has 0 aromatic heterocycles. The van der Waals surface area contributed by atoms with Gasteiger partial charge in [-0.25, -0.2) is 0 Å². The molecule has 0 amide bonds. The summed E-state index contributed by atoms with van der Waals surface area (Å²) in [6, 6.07) is 0. The summed E-state index contributed by atoms with van der Waals surface area (Å²) in [7, 11) is 0. The highest BCUT2D eigenvalue weighted by Gasteiger charge is 2.63. The van der Waals surface area contributed by atoms with Gasteiger partial charge in [0, 0.05) is 0 Å². The topological polar surface area (TPSA) is 20.2 Å². The van der Waals surface area contributed by atoms with Crippen LogP contribution in [0.3, 0.4) is 0 Å². The molecule has 5 fully saturated rings. The molecule has 1 nitrogen and oxygen atoms in total. The van der Waals surface area contributed by atoms with Crippen molar-refractivity contribution in [3.05, 3.63) is 0 Å². The molecule has 0 bridgehead atoms. The molecule has 10 unspecified atom stereocenters. The van der Waals surface area contributed by atoms with E-state index in [1.807, 2.05) is 0 Å². The van der Waals surface area contributed by atoms with Crippen molar-refractivity contribution < 1.29 is 5.11 Å². The zero-order valence-electron chi connectivity index (χ0n) is 18.6. The largest absolute Gasteiger partial charge is 0.393 e. The van der Waals surface area contributed by atoms with Crippen LogP contribution in [0.25, 0.3) is 0 Å². The first kappa shape index (κ1) is 19.0. The summed E-state index contributed by atoms with van der Waals surface area (Å²) in [6.45, 7) is 13.0. The predicted octanol–water partition coefficient (Wildman–Crippen LogP) is 6.54. The fourth-order valence-electron chi connectivity index (χ4n) is 9.91. The smallest absolute Gasteiger partial charge is 0.0543 e. The number of aliphatic hydroxyl groups is 1. The van der Waals surface area contributed by atoms with Crippen LogP contribution in [0.15, 0.2) is 0 Å². The normalized spacial score (nSPS) is 55.8. The molecule has 0 radical (unpaired) electrons. The zero-order chi connectivity index (χ0) is 19.1. The molecule has 0 spiro atoms. The van der Waals surface area contributed by atoms with E-state index in [4.69, 9.17) is 0 Å². The third-order valence-electron chi connectivity index (χ3n) is 11.9. The standard InChI is InChI=1S/C26H44O/c1-15-18-10-11-22-21-8-6-16-14-17(27)7-9-19(16)20(21)12-13-23(22)24(18)26(4,5)25(15,2)3/h15-24,27H,6-14H2,1-5H3. The Bertz CT molecular complexity index is 577. The first-order valence-corrected chi connectivity index (χ1v) is 12.4. The van der Waals surface area contributed by atoms with Crippen molar-refractivity contribution in [1.29, 1.82) is 0 Å². The predicted molar refractivity (Wildman–Crippen MR) is 112 cm³/mol. The van der Waals surface area contributed by atoms with E-state index in [0.717, 1.165) is 66.1 Å². The molecule has 0 aromatic carbocycles. The van der Waals surface area contributed by atoms with Gasteiger partial charge in [0.05, 0.1) is 6.10 Å². The van der Waals surface area contributed by atoms with E-state index in [-0.39, 0.29) is 6.10 Å². The minimum Gasteiger partial charge on any atom is -0.393 e. The number of hydrogen-bond acceptors (Lipinski definition) is 1. The molecule has 5 aliphatic carbocycles. The molecule has 5 saturated carbocycles. The average molecular weight is 373 g/mol. The molecule has 10 atom stereocenters. The first-order chi connectivity index (χ1) is 12.7. The summed E-state index contributed by atoms with van der Waals surface area (Å²) in [5, 5.41) is 10.2. The van der Waals surface area contributed by atoms with Gasteiger partial charge < -0.3 is 5.11 Å². The highest BCUT2D eigenvalue weighted by Crippen LogP contribution is 2.70. The summed E-state index contributed by atoms with van der Waals surface area (Å²) in [5.41, 5.74) is 0.963. The van der Waals surface area contributed by atoms with Crippen LogP contribution >= 0.6 is 0 Å². The van der Waals surface area contributed by atoms with Crippen LogP contribution in [-0.4, -0.2) is 11.2 Å². The van der Waals surface area contributed by atoms with Gasteiger partial charge in [-0.15, -0.1) is 0 Å². The molecule has 5 aliphatic rings. The van der Waals surface area contributed by atoms with Crippen LogP contribution in [0.5, 0.6) is 0 Å². The third-order valence-corrected chi connectivity index (χ3v) is 11.9. The van der Waals surface area contributed by atoms with Crippen LogP contribution < -0.4 is 0 Å². The van der Waals surface area contributed by atoms with Crippen LogP contribution in [0.2, 0.25) is 0 Å². The van der Waals surface area contributed by atoms with Crippen LogP contribution in [0, 0.1) is 64.1 Å². The van der Waals surface area contributed by atoms with Gasteiger partial charge in [0.2, 0.25) is 0 Å². The van der Waals surface area contributed by atoms with Crippen molar-refractivity contribution in [2.75, 3.05) is 0 Å². The van der Waals surface area contributed by atoms with Gasteiger partial charge in [-0.3, -0.25) is 0 Å². The van der Waals surface area contributed by atoms with Crippen molar-refractivity contribution in [3.63, 3.8) is 0 Å².